The number of fused-ring (bicyclic) bond motifs is 1. The van der Waals surface area contributed by atoms with Gasteiger partial charge in [-0.1, -0.05) is 18.2 Å². The molecule has 0 spiro atoms. The van der Waals surface area contributed by atoms with Crippen LogP contribution in [0.4, 0.5) is 4.79 Å². The first-order chi connectivity index (χ1) is 13.5. The molecule has 1 aliphatic rings. The molecule has 1 saturated heterocycles. The van der Waals surface area contributed by atoms with Crippen molar-refractivity contribution in [1.29, 1.82) is 0 Å². The van der Waals surface area contributed by atoms with E-state index in [9.17, 15) is 9.59 Å². The first kappa shape index (κ1) is 20.4. The fraction of sp³-hybridized carbons (Fsp3) is 0.524. The number of piperidine rings is 1. The van der Waals surface area contributed by atoms with Gasteiger partial charge in [0, 0.05) is 18.1 Å². The van der Waals surface area contributed by atoms with E-state index in [2.05, 4.69) is 9.80 Å². The van der Waals surface area contributed by atoms with Gasteiger partial charge in [0.2, 0.25) is 6.79 Å². The number of esters is 1. The van der Waals surface area contributed by atoms with Gasteiger partial charge in [-0.25, -0.2) is 4.79 Å². The fourth-order valence-corrected chi connectivity index (χ4v) is 3.51. The number of nitrogens with zero attached hydrogens (tertiary/aromatic N) is 3. The van der Waals surface area contributed by atoms with Gasteiger partial charge in [-0.15, -0.1) is 0 Å². The van der Waals surface area contributed by atoms with Gasteiger partial charge in [0.1, 0.15) is 0 Å². The molecule has 0 unspecified atom stereocenters. The van der Waals surface area contributed by atoms with Crippen LogP contribution in [0.3, 0.4) is 0 Å². The number of para-hydroxylation sites is 1. The fourth-order valence-electron chi connectivity index (χ4n) is 3.51. The minimum absolute atomic E-state index is 0.111. The lowest BCUT2D eigenvalue weighted by Gasteiger charge is -2.27. The molecule has 28 heavy (non-hydrogen) atoms. The smallest absolute Gasteiger partial charge is 0.421 e. The third-order valence-corrected chi connectivity index (χ3v) is 5.26. The van der Waals surface area contributed by atoms with Crippen LogP contribution in [0.2, 0.25) is 0 Å². The maximum Gasteiger partial charge on any atom is 0.421 e. The molecule has 2 heterocycles. The van der Waals surface area contributed by atoms with E-state index in [-0.39, 0.29) is 18.7 Å². The number of hydrogen-bond donors (Lipinski definition) is 0. The normalized spacial score (nSPS) is 15.9. The molecule has 0 radical (unpaired) electrons. The molecule has 0 bridgehead atoms. The minimum atomic E-state index is -0.538. The first-order valence-electron chi connectivity index (χ1n) is 9.71. The summed E-state index contributed by atoms with van der Waals surface area (Å²) >= 11 is 0. The summed E-state index contributed by atoms with van der Waals surface area (Å²) < 4.78 is 11.9. The Bertz CT molecular complexity index is 822. The van der Waals surface area contributed by atoms with Crippen molar-refractivity contribution in [2.24, 2.45) is 5.92 Å². The first-order valence-corrected chi connectivity index (χ1v) is 9.71. The largest absolute Gasteiger partial charge is 0.428 e. The van der Waals surface area contributed by atoms with Gasteiger partial charge in [-0.2, -0.15) is 0 Å². The molecule has 0 N–H and O–H groups in total. The van der Waals surface area contributed by atoms with Crippen LogP contribution in [0.5, 0.6) is 0 Å². The van der Waals surface area contributed by atoms with Gasteiger partial charge in [0.25, 0.3) is 0 Å². The molecule has 1 fully saturated rings. The lowest BCUT2D eigenvalue weighted by atomic mass is 9.97. The summed E-state index contributed by atoms with van der Waals surface area (Å²) in [5, 5.41) is 1.03. The summed E-state index contributed by atoms with van der Waals surface area (Å²) in [6.07, 6.45) is 3.67. The molecule has 7 heteroatoms. The van der Waals surface area contributed by atoms with Crippen molar-refractivity contribution in [3.05, 3.63) is 36.0 Å². The Morgan fingerprint density at radius 3 is 2.57 bits per heavy atom. The summed E-state index contributed by atoms with van der Waals surface area (Å²) in [5.41, 5.74) is 1.88. The number of likely N-dealkylation sites (tertiary alicyclic amines) is 1. The van der Waals surface area contributed by atoms with E-state index in [4.69, 9.17) is 9.47 Å². The second-order valence-corrected chi connectivity index (χ2v) is 7.66. The molecule has 0 atom stereocenters. The SMILES string of the molecule is CN(C)CCc1cn(C(=O)OCOC(=O)C2CCN(C)CC2)c2ccccc12. The molecule has 7 nitrogen and oxygen atoms in total. The molecule has 0 amide bonds. The van der Waals surface area contributed by atoms with Gasteiger partial charge in [0.15, 0.2) is 0 Å². The Morgan fingerprint density at radius 2 is 1.86 bits per heavy atom. The second kappa shape index (κ2) is 9.21. The van der Waals surface area contributed by atoms with Crippen LogP contribution in [0.15, 0.2) is 30.5 Å². The van der Waals surface area contributed by atoms with Crippen molar-refractivity contribution in [3.63, 3.8) is 0 Å². The molecule has 0 aliphatic carbocycles. The van der Waals surface area contributed by atoms with Gasteiger partial charge in [-0.3, -0.25) is 9.36 Å². The molecular weight excluding hydrogens is 358 g/mol. The van der Waals surface area contributed by atoms with E-state index in [1.54, 1.807) is 0 Å². The van der Waals surface area contributed by atoms with Crippen LogP contribution in [0, 0.1) is 5.92 Å². The van der Waals surface area contributed by atoms with Gasteiger partial charge < -0.3 is 19.3 Å². The summed E-state index contributed by atoms with van der Waals surface area (Å²) in [6.45, 7) is 2.29. The standard InChI is InChI=1S/C21H29N3O4/c1-22(2)11-8-17-14-24(19-7-5-4-6-18(17)19)21(26)28-15-27-20(25)16-9-12-23(3)13-10-16/h4-7,14,16H,8-13,15H2,1-3H3. The lowest BCUT2D eigenvalue weighted by molar-refractivity contribution is -0.158. The third kappa shape index (κ3) is 4.91. The minimum Gasteiger partial charge on any atom is -0.428 e. The van der Waals surface area contributed by atoms with Crippen molar-refractivity contribution in [3.8, 4) is 0 Å². The van der Waals surface area contributed by atoms with Crippen LogP contribution in [-0.4, -0.2) is 74.0 Å². The number of hydrogen-bond acceptors (Lipinski definition) is 6. The zero-order valence-electron chi connectivity index (χ0n) is 16.9. The second-order valence-electron chi connectivity index (χ2n) is 7.66. The lowest BCUT2D eigenvalue weighted by Crippen LogP contribution is -2.34. The quantitative estimate of drug-likeness (QED) is 0.561. The molecule has 0 saturated carbocycles. The molecule has 1 aromatic heterocycles. The van der Waals surface area contributed by atoms with E-state index in [0.29, 0.717) is 0 Å². The summed E-state index contributed by atoms with van der Waals surface area (Å²) in [5.74, 6) is -0.398. The van der Waals surface area contributed by atoms with Crippen LogP contribution in [0.1, 0.15) is 18.4 Å². The zero-order valence-corrected chi connectivity index (χ0v) is 16.9. The van der Waals surface area contributed by atoms with Crippen LogP contribution in [-0.2, 0) is 20.7 Å². The number of rotatable bonds is 6. The third-order valence-electron chi connectivity index (χ3n) is 5.26. The molecule has 1 aliphatic heterocycles. The van der Waals surface area contributed by atoms with Crippen molar-refractivity contribution < 1.29 is 19.1 Å². The summed E-state index contributed by atoms with van der Waals surface area (Å²) in [4.78, 5) is 29.0. The maximum atomic E-state index is 12.5. The predicted octanol–water partition coefficient (Wildman–Crippen LogP) is 2.57. The Balaban J connectivity index is 1.59. The van der Waals surface area contributed by atoms with Crippen molar-refractivity contribution in [2.75, 3.05) is 47.6 Å². The Kier molecular flexibility index (Phi) is 6.70. The average Bonchev–Trinajstić information content (AvgIpc) is 3.05. The van der Waals surface area contributed by atoms with Gasteiger partial charge in [-0.05, 0) is 65.1 Å². The Labute approximate surface area is 165 Å². The van der Waals surface area contributed by atoms with Crippen LogP contribution >= 0.6 is 0 Å². The summed E-state index contributed by atoms with van der Waals surface area (Å²) in [7, 11) is 6.08. The highest BCUT2D eigenvalue weighted by Gasteiger charge is 2.25. The average molecular weight is 387 g/mol. The van der Waals surface area contributed by atoms with E-state index in [0.717, 1.165) is 55.4 Å². The van der Waals surface area contributed by atoms with E-state index >= 15 is 0 Å². The van der Waals surface area contributed by atoms with E-state index in [1.807, 2.05) is 51.6 Å². The van der Waals surface area contributed by atoms with Gasteiger partial charge in [0.05, 0.1) is 11.4 Å². The number of likely N-dealkylation sites (N-methyl/N-ethyl adjacent to an activating group) is 1. The highest BCUT2D eigenvalue weighted by atomic mass is 16.7. The maximum absolute atomic E-state index is 12.5. The van der Waals surface area contributed by atoms with Crippen molar-refractivity contribution in [2.45, 2.75) is 19.3 Å². The van der Waals surface area contributed by atoms with Crippen LogP contribution in [0.25, 0.3) is 10.9 Å². The monoisotopic (exact) mass is 387 g/mol. The highest BCUT2D eigenvalue weighted by Crippen LogP contribution is 2.22. The van der Waals surface area contributed by atoms with Gasteiger partial charge >= 0.3 is 12.1 Å². The molecule has 2 aromatic rings. The molecule has 1 aromatic carbocycles. The van der Waals surface area contributed by atoms with E-state index in [1.165, 1.54) is 4.57 Å². The number of carbonyl (C=O) groups excluding carboxylic acids is 2. The van der Waals surface area contributed by atoms with Crippen molar-refractivity contribution >= 4 is 23.0 Å². The number of ether oxygens (including phenoxy) is 2. The van der Waals surface area contributed by atoms with Crippen LogP contribution < -0.4 is 0 Å². The predicted molar refractivity (Wildman–Crippen MR) is 107 cm³/mol. The summed E-state index contributed by atoms with van der Waals surface area (Å²) in [6, 6.07) is 7.74. The Hall–Kier alpha value is -2.38. The highest BCUT2D eigenvalue weighted by molar-refractivity contribution is 5.92. The molecule has 3 rings (SSSR count). The van der Waals surface area contributed by atoms with Crippen molar-refractivity contribution in [1.82, 2.24) is 14.4 Å². The molecular formula is C21H29N3O4. The zero-order chi connectivity index (χ0) is 20.1. The topological polar surface area (TPSA) is 64.0 Å². The number of carbonyl (C=O) groups is 2. The Morgan fingerprint density at radius 1 is 1.14 bits per heavy atom. The number of benzene rings is 1. The number of aromatic nitrogens is 1. The van der Waals surface area contributed by atoms with E-state index < -0.39 is 6.09 Å². The molecule has 152 valence electrons.